The second-order valence-corrected chi connectivity index (χ2v) is 9.09. The summed E-state index contributed by atoms with van der Waals surface area (Å²) in [5.74, 6) is -0.349. The second-order valence-electron chi connectivity index (χ2n) is 9.09. The van der Waals surface area contributed by atoms with Crippen LogP contribution in [0, 0.1) is 5.82 Å². The van der Waals surface area contributed by atoms with Gasteiger partial charge in [0.15, 0.2) is 0 Å². The summed E-state index contributed by atoms with van der Waals surface area (Å²) >= 11 is 0. The lowest BCUT2D eigenvalue weighted by Gasteiger charge is -2.26. The van der Waals surface area contributed by atoms with E-state index in [1.54, 1.807) is 42.5 Å². The molecule has 1 aliphatic heterocycles. The van der Waals surface area contributed by atoms with Gasteiger partial charge in [0.2, 0.25) is 0 Å². The van der Waals surface area contributed by atoms with Crippen LogP contribution in [0.15, 0.2) is 60.7 Å². The Kier molecular flexibility index (Phi) is 7.82. The SMILES string of the molecule is O=C(NCCCN1CCOCC1)Nc1ccc2nc(C3=CCC(F)C=C3)c(-c3ccc(F)cc3)nc2c1. The van der Waals surface area contributed by atoms with Crippen molar-refractivity contribution in [2.45, 2.75) is 19.0 Å². The van der Waals surface area contributed by atoms with E-state index in [0.29, 0.717) is 40.2 Å². The summed E-state index contributed by atoms with van der Waals surface area (Å²) in [5, 5.41) is 5.75. The smallest absolute Gasteiger partial charge is 0.319 e. The van der Waals surface area contributed by atoms with Gasteiger partial charge >= 0.3 is 6.03 Å². The van der Waals surface area contributed by atoms with Crippen LogP contribution in [0.1, 0.15) is 18.5 Å². The van der Waals surface area contributed by atoms with Gasteiger partial charge < -0.3 is 15.4 Å². The summed E-state index contributed by atoms with van der Waals surface area (Å²) in [4.78, 5) is 24.4. The number of aromatic nitrogens is 2. The van der Waals surface area contributed by atoms with Crippen LogP contribution in [0.2, 0.25) is 0 Å². The minimum atomic E-state index is -1.02. The van der Waals surface area contributed by atoms with Gasteiger partial charge in [-0.1, -0.05) is 12.2 Å². The van der Waals surface area contributed by atoms with Gasteiger partial charge in [-0.15, -0.1) is 0 Å². The molecule has 0 bridgehead atoms. The molecule has 37 heavy (non-hydrogen) atoms. The average Bonchev–Trinajstić information content (AvgIpc) is 2.92. The van der Waals surface area contributed by atoms with Gasteiger partial charge in [-0.3, -0.25) is 4.90 Å². The first-order valence-electron chi connectivity index (χ1n) is 12.5. The van der Waals surface area contributed by atoms with Gasteiger partial charge in [0.25, 0.3) is 0 Å². The molecular formula is C28H29F2N5O2. The van der Waals surface area contributed by atoms with Gasteiger partial charge in [-0.25, -0.2) is 23.5 Å². The van der Waals surface area contributed by atoms with Crippen LogP contribution >= 0.6 is 0 Å². The van der Waals surface area contributed by atoms with Crippen molar-refractivity contribution in [3.63, 3.8) is 0 Å². The molecule has 1 saturated heterocycles. The minimum Gasteiger partial charge on any atom is -0.379 e. The zero-order valence-electron chi connectivity index (χ0n) is 20.4. The number of morpholine rings is 1. The molecule has 0 saturated carbocycles. The molecular weight excluding hydrogens is 476 g/mol. The fourth-order valence-corrected chi connectivity index (χ4v) is 4.42. The number of carbonyl (C=O) groups is 1. The van der Waals surface area contributed by atoms with Crippen LogP contribution in [-0.4, -0.2) is 66.5 Å². The second kappa shape index (κ2) is 11.6. The largest absolute Gasteiger partial charge is 0.379 e. The Morgan fingerprint density at radius 2 is 1.84 bits per heavy atom. The Bertz CT molecular complexity index is 1320. The van der Waals surface area contributed by atoms with E-state index in [1.165, 1.54) is 18.2 Å². The van der Waals surface area contributed by atoms with Crippen molar-refractivity contribution in [2.24, 2.45) is 0 Å². The molecule has 1 unspecified atom stereocenters. The fourth-order valence-electron chi connectivity index (χ4n) is 4.42. The molecule has 1 atom stereocenters. The minimum absolute atomic E-state index is 0.263. The highest BCUT2D eigenvalue weighted by atomic mass is 19.1. The first-order valence-corrected chi connectivity index (χ1v) is 12.5. The van der Waals surface area contributed by atoms with E-state index >= 15 is 0 Å². The molecule has 2 aliphatic rings. The quantitative estimate of drug-likeness (QED) is 0.444. The van der Waals surface area contributed by atoms with E-state index < -0.39 is 6.17 Å². The van der Waals surface area contributed by atoms with Gasteiger partial charge in [0, 0.05) is 37.3 Å². The highest BCUT2D eigenvalue weighted by Gasteiger charge is 2.17. The highest BCUT2D eigenvalue weighted by molar-refractivity contribution is 5.93. The maximum absolute atomic E-state index is 13.7. The molecule has 192 valence electrons. The maximum Gasteiger partial charge on any atom is 0.319 e. The molecule has 1 aromatic heterocycles. The van der Waals surface area contributed by atoms with Crippen molar-refractivity contribution in [3.05, 3.63) is 72.2 Å². The Morgan fingerprint density at radius 1 is 1.05 bits per heavy atom. The predicted molar refractivity (Wildman–Crippen MR) is 140 cm³/mol. The first-order chi connectivity index (χ1) is 18.0. The number of urea groups is 1. The van der Waals surface area contributed by atoms with Crippen LogP contribution in [0.4, 0.5) is 19.3 Å². The number of hydrogen-bond donors (Lipinski definition) is 2. The monoisotopic (exact) mass is 505 g/mol. The molecule has 3 aromatic rings. The molecule has 1 fully saturated rings. The van der Waals surface area contributed by atoms with Crippen molar-refractivity contribution in [1.82, 2.24) is 20.2 Å². The van der Waals surface area contributed by atoms with E-state index in [9.17, 15) is 13.6 Å². The number of allylic oxidation sites excluding steroid dienone is 4. The molecule has 9 heteroatoms. The summed E-state index contributed by atoms with van der Waals surface area (Å²) < 4.78 is 32.6. The molecule has 2 N–H and O–H groups in total. The third-order valence-corrected chi connectivity index (χ3v) is 6.40. The van der Waals surface area contributed by atoms with Crippen molar-refractivity contribution < 1.29 is 18.3 Å². The summed E-state index contributed by atoms with van der Waals surface area (Å²) in [6.07, 6.45) is 5.10. The number of fused-ring (bicyclic) bond motifs is 1. The Morgan fingerprint density at radius 3 is 2.59 bits per heavy atom. The van der Waals surface area contributed by atoms with Crippen LogP contribution in [-0.2, 0) is 4.74 Å². The van der Waals surface area contributed by atoms with E-state index in [2.05, 4.69) is 15.5 Å². The molecule has 0 spiro atoms. The van der Waals surface area contributed by atoms with Crippen LogP contribution in [0.3, 0.4) is 0 Å². The van der Waals surface area contributed by atoms with Crippen LogP contribution in [0.25, 0.3) is 27.9 Å². The lowest BCUT2D eigenvalue weighted by molar-refractivity contribution is 0.0375. The number of ether oxygens (including phenoxy) is 1. The summed E-state index contributed by atoms with van der Waals surface area (Å²) in [6.45, 7) is 4.86. The highest BCUT2D eigenvalue weighted by Crippen LogP contribution is 2.32. The standard InChI is InChI=1S/C28H29F2N5O2/c29-21-6-2-19(3-7-21)26-27(20-4-8-22(30)9-5-20)34-25-18-23(10-11-24(25)33-26)32-28(36)31-12-1-13-35-14-16-37-17-15-35/h2-6,8-11,18,21H,1,7,12-17H2,(H2,31,32,36). The van der Waals surface area contributed by atoms with E-state index in [4.69, 9.17) is 14.7 Å². The third kappa shape index (κ3) is 6.36. The number of alkyl halides is 1. The van der Waals surface area contributed by atoms with Crippen LogP contribution in [0.5, 0.6) is 0 Å². The topological polar surface area (TPSA) is 79.4 Å². The van der Waals surface area contributed by atoms with Crippen molar-refractivity contribution in [2.75, 3.05) is 44.7 Å². The number of carbonyl (C=O) groups excluding carboxylic acids is 1. The Labute approximate surface area is 214 Å². The number of halogens is 2. The molecule has 0 radical (unpaired) electrons. The Balaban J connectivity index is 1.32. The summed E-state index contributed by atoms with van der Waals surface area (Å²) in [7, 11) is 0. The van der Waals surface area contributed by atoms with Gasteiger partial charge in [0.05, 0.1) is 35.6 Å². The van der Waals surface area contributed by atoms with Gasteiger partial charge in [-0.05, 0) is 67.1 Å². The number of nitrogens with one attached hydrogen (secondary N) is 2. The summed E-state index contributed by atoms with van der Waals surface area (Å²) in [5.41, 5.74) is 4.42. The lowest BCUT2D eigenvalue weighted by atomic mass is 9.98. The lowest BCUT2D eigenvalue weighted by Crippen LogP contribution is -2.38. The van der Waals surface area contributed by atoms with E-state index in [-0.39, 0.29) is 18.3 Å². The first kappa shape index (κ1) is 25.0. The molecule has 5 rings (SSSR count). The predicted octanol–water partition coefficient (Wildman–Crippen LogP) is 4.96. The maximum atomic E-state index is 13.7. The van der Waals surface area contributed by atoms with Crippen molar-refractivity contribution >= 4 is 28.3 Å². The van der Waals surface area contributed by atoms with E-state index in [0.717, 1.165) is 44.8 Å². The van der Waals surface area contributed by atoms with Gasteiger partial charge in [0.1, 0.15) is 12.0 Å². The molecule has 2 aromatic carbocycles. The van der Waals surface area contributed by atoms with Gasteiger partial charge in [-0.2, -0.15) is 0 Å². The average molecular weight is 506 g/mol. The Hall–Kier alpha value is -3.69. The molecule has 1 aliphatic carbocycles. The number of anilines is 1. The molecule has 7 nitrogen and oxygen atoms in total. The number of rotatable bonds is 7. The zero-order valence-corrected chi connectivity index (χ0v) is 20.4. The third-order valence-electron chi connectivity index (χ3n) is 6.40. The summed E-state index contributed by atoms with van der Waals surface area (Å²) in [6, 6.07) is 11.1. The fraction of sp³-hybridized carbons (Fsp3) is 0.321. The molecule has 2 amide bonds. The zero-order chi connectivity index (χ0) is 25.6. The van der Waals surface area contributed by atoms with Crippen molar-refractivity contribution in [1.29, 1.82) is 0 Å². The van der Waals surface area contributed by atoms with Crippen molar-refractivity contribution in [3.8, 4) is 11.3 Å². The normalized spacial score (nSPS) is 18.0. The van der Waals surface area contributed by atoms with E-state index in [1.807, 2.05) is 0 Å². The number of amides is 2. The number of benzene rings is 2. The number of nitrogens with zero attached hydrogens (tertiary/aromatic N) is 3. The number of hydrogen-bond acceptors (Lipinski definition) is 5. The van der Waals surface area contributed by atoms with Crippen LogP contribution < -0.4 is 10.6 Å². The molecule has 2 heterocycles.